The maximum absolute atomic E-state index is 14.0. The van der Waals surface area contributed by atoms with E-state index in [4.69, 9.17) is 18.9 Å². The topological polar surface area (TPSA) is 72.8 Å². The van der Waals surface area contributed by atoms with E-state index in [9.17, 15) is 18.3 Å². The van der Waals surface area contributed by atoms with Crippen molar-refractivity contribution in [3.05, 3.63) is 23.3 Å². The van der Waals surface area contributed by atoms with Crippen LogP contribution >= 0.6 is 0 Å². The Hall–Kier alpha value is -1.88. The molecule has 0 radical (unpaired) electrons. The van der Waals surface area contributed by atoms with Crippen LogP contribution in [0.15, 0.2) is 17.1 Å². The summed E-state index contributed by atoms with van der Waals surface area (Å²) in [6.07, 6.45) is -1.86. The average molecular weight is 493 g/mol. The van der Waals surface area contributed by atoms with Gasteiger partial charge >= 0.3 is 6.18 Å². The summed E-state index contributed by atoms with van der Waals surface area (Å²) in [5.41, 5.74) is -2.76. The fourth-order valence-electron chi connectivity index (χ4n) is 2.99. The fourth-order valence-corrected chi connectivity index (χ4v) is 2.99. The molecule has 0 spiro atoms. The van der Waals surface area contributed by atoms with Crippen molar-refractivity contribution in [1.29, 1.82) is 0 Å². The molecule has 0 amide bonds. The van der Waals surface area contributed by atoms with Gasteiger partial charge in [-0.15, -0.1) is 0 Å². The quantitative estimate of drug-likeness (QED) is 0.152. The molecule has 34 heavy (non-hydrogen) atoms. The van der Waals surface area contributed by atoms with E-state index in [0.717, 1.165) is 13.0 Å². The van der Waals surface area contributed by atoms with E-state index < -0.39 is 23.9 Å². The lowest BCUT2D eigenvalue weighted by Gasteiger charge is -2.32. The van der Waals surface area contributed by atoms with Gasteiger partial charge in [0.2, 0.25) is 5.60 Å². The molecule has 0 bridgehead atoms. The van der Waals surface area contributed by atoms with Gasteiger partial charge in [0.05, 0.1) is 32.3 Å². The van der Waals surface area contributed by atoms with Crippen LogP contribution in [-0.2, 0) is 19.8 Å². The van der Waals surface area contributed by atoms with Crippen LogP contribution in [-0.4, -0.2) is 75.9 Å². The summed E-state index contributed by atoms with van der Waals surface area (Å²) >= 11 is 0. The molecule has 1 N–H and O–H groups in total. The Morgan fingerprint density at radius 2 is 1.79 bits per heavy atom. The van der Waals surface area contributed by atoms with Crippen LogP contribution in [0.25, 0.3) is 0 Å². The Morgan fingerprint density at radius 1 is 1.12 bits per heavy atom. The third kappa shape index (κ3) is 8.72. The number of halogens is 3. The van der Waals surface area contributed by atoms with E-state index in [-0.39, 0.29) is 25.3 Å². The maximum Gasteiger partial charge on any atom is 0.423 e. The standard InChI is InChI=1S/C24H39F3N2O5/c1-7-11-33-22(8-2)34-13-10-12-32-16-23(30,24(25,26)27)19-14-18(4)20(15-21(19)31-6)28-17-29(5)9-3/h14-15,17,22,30H,7-13,16H2,1-6H3. The molecule has 0 saturated carbocycles. The number of hydrogen-bond donors (Lipinski definition) is 1. The normalized spacial score (nSPS) is 14.9. The van der Waals surface area contributed by atoms with Crippen molar-refractivity contribution in [2.45, 2.75) is 65.0 Å². The molecule has 2 atom stereocenters. The lowest BCUT2D eigenvalue weighted by molar-refractivity contribution is -0.282. The molecule has 1 rings (SSSR count). The zero-order valence-electron chi connectivity index (χ0n) is 21.1. The third-order valence-electron chi connectivity index (χ3n) is 5.21. The van der Waals surface area contributed by atoms with Gasteiger partial charge < -0.3 is 29.0 Å². The van der Waals surface area contributed by atoms with Crippen molar-refractivity contribution < 1.29 is 37.2 Å². The minimum Gasteiger partial charge on any atom is -0.496 e. The molecule has 0 aliphatic heterocycles. The maximum atomic E-state index is 14.0. The molecule has 1 aromatic rings. The molecular weight excluding hydrogens is 453 g/mol. The Kier molecular flexibility index (Phi) is 12.9. The van der Waals surface area contributed by atoms with Crippen molar-refractivity contribution in [1.82, 2.24) is 4.90 Å². The van der Waals surface area contributed by atoms with E-state index in [1.165, 1.54) is 19.2 Å². The fraction of sp³-hybridized carbons (Fsp3) is 0.708. The largest absolute Gasteiger partial charge is 0.496 e. The highest BCUT2D eigenvalue weighted by Crippen LogP contribution is 2.45. The van der Waals surface area contributed by atoms with Crippen molar-refractivity contribution in [3.63, 3.8) is 0 Å². The Morgan fingerprint density at radius 3 is 2.35 bits per heavy atom. The first-order valence-corrected chi connectivity index (χ1v) is 11.6. The number of aryl methyl sites for hydroxylation is 1. The zero-order valence-corrected chi connectivity index (χ0v) is 21.1. The first kappa shape index (κ1) is 30.2. The van der Waals surface area contributed by atoms with Crippen LogP contribution in [0.4, 0.5) is 18.9 Å². The van der Waals surface area contributed by atoms with Gasteiger partial charge in [-0.3, -0.25) is 0 Å². The molecular formula is C24H39F3N2O5. The first-order valence-electron chi connectivity index (χ1n) is 11.6. The molecule has 0 aromatic heterocycles. The monoisotopic (exact) mass is 492 g/mol. The Balaban J connectivity index is 2.93. The average Bonchev–Trinajstić information content (AvgIpc) is 2.80. The summed E-state index contributed by atoms with van der Waals surface area (Å²) in [6.45, 7) is 8.06. The SMILES string of the molecule is CCCOC(CC)OCCCOCC(O)(c1cc(C)c(N=CN(C)CC)cc1OC)C(F)(F)F. The van der Waals surface area contributed by atoms with Gasteiger partial charge in [0, 0.05) is 38.4 Å². The summed E-state index contributed by atoms with van der Waals surface area (Å²) < 4.78 is 63.6. The summed E-state index contributed by atoms with van der Waals surface area (Å²) in [7, 11) is 3.08. The Labute approximate surface area is 200 Å². The molecule has 0 aliphatic rings. The van der Waals surface area contributed by atoms with E-state index in [0.29, 0.717) is 30.7 Å². The van der Waals surface area contributed by atoms with Crippen LogP contribution < -0.4 is 4.74 Å². The molecule has 0 heterocycles. The number of methoxy groups -OCH3 is 1. The Bertz CT molecular complexity index is 761. The lowest BCUT2D eigenvalue weighted by Crippen LogP contribution is -2.46. The van der Waals surface area contributed by atoms with Gasteiger partial charge in [-0.25, -0.2) is 4.99 Å². The summed E-state index contributed by atoms with van der Waals surface area (Å²) in [4.78, 5) is 6.13. The second kappa shape index (κ2) is 14.5. The van der Waals surface area contributed by atoms with Crippen molar-refractivity contribution in [2.24, 2.45) is 4.99 Å². The molecule has 0 saturated heterocycles. The van der Waals surface area contributed by atoms with Crippen LogP contribution in [0.3, 0.4) is 0 Å². The summed E-state index contributed by atoms with van der Waals surface area (Å²) in [5.74, 6) is -0.123. The number of hydrogen-bond acceptors (Lipinski definition) is 6. The second-order valence-corrected chi connectivity index (χ2v) is 8.00. The number of alkyl halides is 3. The van der Waals surface area contributed by atoms with E-state index >= 15 is 0 Å². The number of ether oxygens (including phenoxy) is 4. The number of aliphatic hydroxyl groups is 1. The minimum absolute atomic E-state index is 0.0182. The molecule has 10 heteroatoms. The number of benzene rings is 1. The highest BCUT2D eigenvalue weighted by Gasteiger charge is 2.56. The van der Waals surface area contributed by atoms with Crippen LogP contribution in [0.2, 0.25) is 0 Å². The molecule has 7 nitrogen and oxygen atoms in total. The predicted molar refractivity (Wildman–Crippen MR) is 126 cm³/mol. The molecule has 1 aromatic carbocycles. The van der Waals surface area contributed by atoms with Crippen molar-refractivity contribution >= 4 is 12.0 Å². The van der Waals surface area contributed by atoms with Crippen molar-refractivity contribution in [3.8, 4) is 5.75 Å². The minimum atomic E-state index is -4.99. The lowest BCUT2D eigenvalue weighted by atomic mass is 9.91. The number of nitrogens with zero attached hydrogens (tertiary/aromatic N) is 2. The molecule has 2 unspecified atom stereocenters. The van der Waals surface area contributed by atoms with Gasteiger partial charge in [0.1, 0.15) is 5.75 Å². The molecule has 196 valence electrons. The number of rotatable bonds is 16. The van der Waals surface area contributed by atoms with Crippen molar-refractivity contribution in [2.75, 3.05) is 47.1 Å². The zero-order chi connectivity index (χ0) is 25.8. The highest BCUT2D eigenvalue weighted by molar-refractivity contribution is 5.65. The molecule has 0 fully saturated rings. The van der Waals surface area contributed by atoms with Crippen LogP contribution in [0.5, 0.6) is 5.75 Å². The van der Waals surface area contributed by atoms with Crippen LogP contribution in [0, 0.1) is 6.92 Å². The number of aliphatic imine (C=N–C) groups is 1. The third-order valence-corrected chi connectivity index (χ3v) is 5.21. The molecule has 0 aliphatic carbocycles. The first-order chi connectivity index (χ1) is 16.0. The second-order valence-electron chi connectivity index (χ2n) is 8.00. The predicted octanol–water partition coefficient (Wildman–Crippen LogP) is 4.95. The van der Waals surface area contributed by atoms with Gasteiger partial charge in [-0.1, -0.05) is 13.8 Å². The van der Waals surface area contributed by atoms with Gasteiger partial charge in [0.25, 0.3) is 0 Å². The van der Waals surface area contributed by atoms with E-state index in [2.05, 4.69) is 4.99 Å². The van der Waals surface area contributed by atoms with Crippen LogP contribution in [0.1, 0.15) is 51.2 Å². The summed E-state index contributed by atoms with van der Waals surface area (Å²) in [6, 6.07) is 2.63. The summed E-state index contributed by atoms with van der Waals surface area (Å²) in [5, 5.41) is 10.8. The van der Waals surface area contributed by atoms with E-state index in [1.54, 1.807) is 13.3 Å². The van der Waals surface area contributed by atoms with E-state index in [1.807, 2.05) is 32.7 Å². The van der Waals surface area contributed by atoms with Gasteiger partial charge in [-0.2, -0.15) is 13.2 Å². The smallest absolute Gasteiger partial charge is 0.423 e. The van der Waals surface area contributed by atoms with Gasteiger partial charge in [-0.05, 0) is 44.7 Å². The highest BCUT2D eigenvalue weighted by atomic mass is 19.4. The van der Waals surface area contributed by atoms with Gasteiger partial charge in [0.15, 0.2) is 6.29 Å².